The summed E-state index contributed by atoms with van der Waals surface area (Å²) in [6.45, 7) is 4.23. The zero-order valence-electron chi connectivity index (χ0n) is 16.6. The van der Waals surface area contributed by atoms with Gasteiger partial charge < -0.3 is 15.0 Å². The molecule has 0 radical (unpaired) electrons. The van der Waals surface area contributed by atoms with Crippen molar-refractivity contribution in [3.63, 3.8) is 0 Å². The summed E-state index contributed by atoms with van der Waals surface area (Å²) in [5, 5.41) is 3.51. The highest BCUT2D eigenvalue weighted by atomic mass is 16.5. The van der Waals surface area contributed by atoms with Crippen LogP contribution in [-0.2, 0) is 19.4 Å². The normalized spacial score (nSPS) is 24.6. The zero-order valence-corrected chi connectivity index (χ0v) is 16.6. The molecule has 0 amide bonds. The molecule has 1 aromatic rings. The molecule has 0 spiro atoms. The van der Waals surface area contributed by atoms with Gasteiger partial charge in [-0.3, -0.25) is 0 Å². The molecule has 0 bridgehead atoms. The molecule has 1 aromatic carbocycles. The first-order valence-corrected chi connectivity index (χ1v) is 11.0. The number of hydrogen-bond donors (Lipinski definition) is 1. The number of ether oxygens (including phenoxy) is 1. The second-order valence-electron chi connectivity index (χ2n) is 8.78. The van der Waals surface area contributed by atoms with Crippen LogP contribution in [0.15, 0.2) is 12.1 Å². The fourth-order valence-corrected chi connectivity index (χ4v) is 5.21. The summed E-state index contributed by atoms with van der Waals surface area (Å²) in [4.78, 5) is 2.50. The van der Waals surface area contributed by atoms with E-state index in [4.69, 9.17) is 4.74 Å². The van der Waals surface area contributed by atoms with Crippen molar-refractivity contribution >= 4 is 0 Å². The summed E-state index contributed by atoms with van der Waals surface area (Å²) in [7, 11) is 2.26. The van der Waals surface area contributed by atoms with Crippen LogP contribution in [0.4, 0.5) is 0 Å². The molecule has 4 rings (SSSR count). The number of likely N-dealkylation sites (tertiary alicyclic amines) is 1. The van der Waals surface area contributed by atoms with Crippen molar-refractivity contribution < 1.29 is 4.74 Å². The Morgan fingerprint density at radius 3 is 2.77 bits per heavy atom. The van der Waals surface area contributed by atoms with E-state index in [1.54, 1.807) is 5.56 Å². The molecule has 1 N–H and O–H groups in total. The quantitative estimate of drug-likeness (QED) is 0.821. The second-order valence-corrected chi connectivity index (χ2v) is 8.78. The molecule has 3 aliphatic rings. The SMILES string of the molecule is CN1CCC[C@@H]1CCOc1cc2c(cc1CC1CCCCC1)CCNC2. The Morgan fingerprint density at radius 2 is 1.96 bits per heavy atom. The first-order chi connectivity index (χ1) is 12.8. The van der Waals surface area contributed by atoms with E-state index in [1.165, 1.54) is 81.2 Å². The smallest absolute Gasteiger partial charge is 0.122 e. The fraction of sp³-hybridized carbons (Fsp3) is 0.739. The van der Waals surface area contributed by atoms with E-state index in [1.807, 2.05) is 0 Å². The molecule has 3 heteroatoms. The van der Waals surface area contributed by atoms with Crippen LogP contribution in [0.25, 0.3) is 0 Å². The van der Waals surface area contributed by atoms with Gasteiger partial charge in [0.1, 0.15) is 5.75 Å². The van der Waals surface area contributed by atoms with Crippen LogP contribution in [0, 0.1) is 5.92 Å². The highest BCUT2D eigenvalue weighted by Gasteiger charge is 2.22. The van der Waals surface area contributed by atoms with Crippen molar-refractivity contribution in [2.24, 2.45) is 5.92 Å². The Balaban J connectivity index is 1.45. The molecule has 144 valence electrons. The van der Waals surface area contributed by atoms with Crippen LogP contribution in [0.2, 0.25) is 0 Å². The maximum atomic E-state index is 6.40. The molecule has 1 atom stereocenters. The van der Waals surface area contributed by atoms with Gasteiger partial charge in [-0.05, 0) is 80.9 Å². The number of benzene rings is 1. The molecule has 3 nitrogen and oxygen atoms in total. The van der Waals surface area contributed by atoms with Crippen LogP contribution < -0.4 is 10.1 Å². The van der Waals surface area contributed by atoms with Gasteiger partial charge in [0, 0.05) is 12.6 Å². The predicted molar refractivity (Wildman–Crippen MR) is 108 cm³/mol. The Bertz CT molecular complexity index is 594. The third-order valence-electron chi connectivity index (χ3n) is 6.88. The standard InChI is InChI=1S/C23H36N2O/c1-25-12-5-8-22(25)10-13-26-23-16-21-17-24-11-9-19(21)15-20(23)14-18-6-3-2-4-7-18/h15-16,18,22,24H,2-14,17H2,1H3/t22-/m1/s1. The van der Waals surface area contributed by atoms with E-state index in [9.17, 15) is 0 Å². The minimum absolute atomic E-state index is 0.719. The number of nitrogens with zero attached hydrogens (tertiary/aromatic N) is 1. The Morgan fingerprint density at radius 1 is 1.08 bits per heavy atom. The van der Waals surface area contributed by atoms with E-state index in [0.29, 0.717) is 0 Å². The van der Waals surface area contributed by atoms with E-state index >= 15 is 0 Å². The average Bonchev–Trinajstić information content (AvgIpc) is 3.08. The largest absolute Gasteiger partial charge is 0.493 e. The Hall–Kier alpha value is -1.06. The molecular formula is C23H36N2O. The van der Waals surface area contributed by atoms with Gasteiger partial charge in [-0.2, -0.15) is 0 Å². The van der Waals surface area contributed by atoms with Gasteiger partial charge in [0.15, 0.2) is 0 Å². The molecule has 1 saturated heterocycles. The van der Waals surface area contributed by atoms with Gasteiger partial charge in [-0.25, -0.2) is 0 Å². The molecule has 26 heavy (non-hydrogen) atoms. The molecular weight excluding hydrogens is 320 g/mol. The third-order valence-corrected chi connectivity index (χ3v) is 6.88. The monoisotopic (exact) mass is 356 g/mol. The molecule has 2 aliphatic heterocycles. The number of nitrogens with one attached hydrogen (secondary N) is 1. The molecule has 1 saturated carbocycles. The molecule has 0 unspecified atom stereocenters. The lowest BCUT2D eigenvalue weighted by Gasteiger charge is -2.26. The van der Waals surface area contributed by atoms with Crippen molar-refractivity contribution in [3.05, 3.63) is 28.8 Å². The van der Waals surface area contributed by atoms with Crippen molar-refractivity contribution in [1.29, 1.82) is 0 Å². The van der Waals surface area contributed by atoms with Crippen molar-refractivity contribution in [2.45, 2.75) is 76.8 Å². The van der Waals surface area contributed by atoms with Crippen molar-refractivity contribution in [3.8, 4) is 5.75 Å². The summed E-state index contributed by atoms with van der Waals surface area (Å²) in [5.74, 6) is 2.05. The van der Waals surface area contributed by atoms with Gasteiger partial charge in [0.2, 0.25) is 0 Å². The van der Waals surface area contributed by atoms with Crippen molar-refractivity contribution in [2.75, 3.05) is 26.7 Å². The lowest BCUT2D eigenvalue weighted by molar-refractivity contribution is 0.231. The molecule has 0 aromatic heterocycles. The third kappa shape index (κ3) is 4.43. The van der Waals surface area contributed by atoms with E-state index < -0.39 is 0 Å². The maximum absolute atomic E-state index is 6.40. The topological polar surface area (TPSA) is 24.5 Å². The van der Waals surface area contributed by atoms with Crippen LogP contribution in [0.5, 0.6) is 5.75 Å². The Kier molecular flexibility index (Phi) is 6.16. The predicted octanol–water partition coefficient (Wildman–Crippen LogP) is 4.32. The van der Waals surface area contributed by atoms with Gasteiger partial charge in [0.05, 0.1) is 6.61 Å². The van der Waals surface area contributed by atoms with Gasteiger partial charge >= 0.3 is 0 Å². The fourth-order valence-electron chi connectivity index (χ4n) is 5.21. The summed E-state index contributed by atoms with van der Waals surface area (Å²) < 4.78 is 6.40. The summed E-state index contributed by atoms with van der Waals surface area (Å²) in [6.07, 6.45) is 13.3. The minimum Gasteiger partial charge on any atom is -0.493 e. The first-order valence-electron chi connectivity index (χ1n) is 11.0. The van der Waals surface area contributed by atoms with Crippen LogP contribution in [-0.4, -0.2) is 37.7 Å². The Labute approximate surface area is 159 Å². The van der Waals surface area contributed by atoms with E-state index in [0.717, 1.165) is 38.1 Å². The number of fused-ring (bicyclic) bond motifs is 1. The van der Waals surface area contributed by atoms with Gasteiger partial charge in [0.25, 0.3) is 0 Å². The van der Waals surface area contributed by atoms with E-state index in [-0.39, 0.29) is 0 Å². The van der Waals surface area contributed by atoms with Crippen LogP contribution >= 0.6 is 0 Å². The summed E-state index contributed by atoms with van der Waals surface area (Å²) in [6, 6.07) is 5.57. The zero-order chi connectivity index (χ0) is 17.8. The second kappa shape index (κ2) is 8.75. The first kappa shape index (κ1) is 18.3. The van der Waals surface area contributed by atoms with Gasteiger partial charge in [-0.15, -0.1) is 0 Å². The summed E-state index contributed by atoms with van der Waals surface area (Å²) in [5.41, 5.74) is 4.49. The lowest BCUT2D eigenvalue weighted by Crippen LogP contribution is -2.27. The molecule has 2 fully saturated rings. The summed E-state index contributed by atoms with van der Waals surface area (Å²) >= 11 is 0. The highest BCUT2D eigenvalue weighted by molar-refractivity contribution is 5.44. The maximum Gasteiger partial charge on any atom is 0.122 e. The van der Waals surface area contributed by atoms with Crippen LogP contribution in [0.3, 0.4) is 0 Å². The van der Waals surface area contributed by atoms with Gasteiger partial charge in [-0.1, -0.05) is 38.2 Å². The number of rotatable bonds is 6. The molecule has 2 heterocycles. The van der Waals surface area contributed by atoms with Crippen LogP contribution in [0.1, 0.15) is 68.1 Å². The minimum atomic E-state index is 0.719. The van der Waals surface area contributed by atoms with Crippen molar-refractivity contribution in [1.82, 2.24) is 10.2 Å². The molecule has 1 aliphatic carbocycles. The number of hydrogen-bond acceptors (Lipinski definition) is 3. The van der Waals surface area contributed by atoms with E-state index in [2.05, 4.69) is 29.4 Å². The highest BCUT2D eigenvalue weighted by Crippen LogP contribution is 2.33. The lowest BCUT2D eigenvalue weighted by atomic mass is 9.83. The average molecular weight is 357 g/mol.